The summed E-state index contributed by atoms with van der Waals surface area (Å²) in [4.78, 5) is 52.7. The molecule has 0 aromatic heterocycles. The van der Waals surface area contributed by atoms with Crippen LogP contribution in [0.25, 0.3) is 0 Å². The molecule has 0 heterocycles. The number of carbonyl (C=O) groups excluding carboxylic acids is 2. The van der Waals surface area contributed by atoms with Gasteiger partial charge < -0.3 is 34.4 Å². The molecule has 0 amide bonds. The van der Waals surface area contributed by atoms with Crippen LogP contribution >= 0.6 is 15.6 Å². The third kappa shape index (κ3) is 43.9. The van der Waals surface area contributed by atoms with Crippen LogP contribution < -0.4 is 0 Å². The normalized spacial score (nSPS) is 15.3. The zero-order chi connectivity index (χ0) is 45.5. The van der Waals surface area contributed by atoms with Gasteiger partial charge in [-0.1, -0.05) is 164 Å². The van der Waals surface area contributed by atoms with Gasteiger partial charge >= 0.3 is 27.6 Å². The van der Waals surface area contributed by atoms with Gasteiger partial charge in [0.25, 0.3) is 0 Å². The van der Waals surface area contributed by atoms with Crippen molar-refractivity contribution in [2.24, 2.45) is 5.92 Å². The minimum Gasteiger partial charge on any atom is -0.462 e. The maximum atomic E-state index is 12.6. The number of aliphatic hydroxyl groups is 2. The Kier molecular flexibility index (Phi) is 37.5. The number of phosphoric acid groups is 2. The molecule has 5 N–H and O–H groups in total. The number of phosphoric ester groups is 2. The Labute approximate surface area is 366 Å². The smallest absolute Gasteiger partial charge is 0.462 e. The molecule has 4 atom stereocenters. The Morgan fingerprint density at radius 1 is 0.590 bits per heavy atom. The highest BCUT2D eigenvalue weighted by Crippen LogP contribution is 2.43. The highest BCUT2D eigenvalue weighted by molar-refractivity contribution is 7.47. The molecule has 0 aliphatic carbocycles. The second-order valence-electron chi connectivity index (χ2n) is 15.3. The lowest BCUT2D eigenvalue weighted by Gasteiger charge is -2.20. The maximum Gasteiger partial charge on any atom is 0.472 e. The molecule has 2 unspecified atom stereocenters. The van der Waals surface area contributed by atoms with E-state index in [0.717, 1.165) is 44.4 Å². The van der Waals surface area contributed by atoms with Gasteiger partial charge in [0.15, 0.2) is 6.10 Å². The van der Waals surface area contributed by atoms with Gasteiger partial charge in [-0.2, -0.15) is 0 Å². The van der Waals surface area contributed by atoms with E-state index in [9.17, 15) is 33.8 Å². The van der Waals surface area contributed by atoms with Crippen molar-refractivity contribution in [1.29, 1.82) is 0 Å². The minimum atomic E-state index is -4.88. The predicted octanol–water partition coefficient (Wildman–Crippen LogP) is 10.2. The summed E-state index contributed by atoms with van der Waals surface area (Å²) in [7, 11) is -9.72. The molecule has 0 fully saturated rings. The Balaban J connectivity index is 4.68. The number of allylic oxidation sites excluding steroid dienone is 10. The first-order valence-electron chi connectivity index (χ1n) is 22.1. The van der Waals surface area contributed by atoms with E-state index in [1.807, 2.05) is 54.7 Å². The van der Waals surface area contributed by atoms with Crippen LogP contribution in [0, 0.1) is 5.92 Å². The maximum absolute atomic E-state index is 12.6. The fourth-order valence-corrected chi connectivity index (χ4v) is 6.68. The van der Waals surface area contributed by atoms with Crippen LogP contribution in [0.1, 0.15) is 149 Å². The molecule has 0 spiro atoms. The van der Waals surface area contributed by atoms with Gasteiger partial charge in [-0.25, -0.2) is 9.13 Å². The molecule has 0 radical (unpaired) electrons. The Morgan fingerprint density at radius 2 is 1.13 bits per heavy atom. The molecule has 0 rings (SSSR count). The molecule has 0 saturated carbocycles. The monoisotopic (exact) mass is 904 g/mol. The topological polar surface area (TPSA) is 216 Å². The average molecular weight is 905 g/mol. The van der Waals surface area contributed by atoms with Crippen LogP contribution in [0.3, 0.4) is 0 Å². The van der Waals surface area contributed by atoms with E-state index >= 15 is 0 Å². The number of rotatable bonds is 40. The number of carbonyl (C=O) groups is 2. The molecule has 14 nitrogen and oxygen atoms in total. The summed E-state index contributed by atoms with van der Waals surface area (Å²) in [6, 6.07) is 0. The molecular weight excluding hydrogens is 826 g/mol. The average Bonchev–Trinajstić information content (AvgIpc) is 3.20. The van der Waals surface area contributed by atoms with Crippen LogP contribution in [-0.4, -0.2) is 81.6 Å². The zero-order valence-corrected chi connectivity index (χ0v) is 38.8. The molecule has 0 aliphatic heterocycles. The molecule has 16 heteroatoms. The molecule has 0 aliphatic rings. The van der Waals surface area contributed by atoms with Crippen LogP contribution in [0.2, 0.25) is 0 Å². The molecule has 61 heavy (non-hydrogen) atoms. The number of unbranched alkanes of at least 4 members (excludes halogenated alkanes) is 10. The minimum absolute atomic E-state index is 0.0116. The number of esters is 2. The van der Waals surface area contributed by atoms with Gasteiger partial charge in [0.2, 0.25) is 0 Å². The fraction of sp³-hybridized carbons (Fsp3) is 0.689. The lowest BCUT2D eigenvalue weighted by Crippen LogP contribution is -2.29. The largest absolute Gasteiger partial charge is 0.472 e. The van der Waals surface area contributed by atoms with Crippen molar-refractivity contribution in [3.05, 3.63) is 72.9 Å². The summed E-state index contributed by atoms with van der Waals surface area (Å²) in [6.07, 6.45) is 38.2. The summed E-state index contributed by atoms with van der Waals surface area (Å²) in [5.74, 6) is -0.377. The SMILES string of the molecule is CC/C=C\CC(O)/C=C/C=C/C/C=C\C/C=C\C/C=C\CCC(=O)O[C@H](COC(=O)CCCCCCCCCCCCCC(C)C)COP(=O)(O)OC[C@@H](O)COP(=O)(O)O. The Bertz CT molecular complexity index is 1380. The van der Waals surface area contributed by atoms with E-state index in [4.69, 9.17) is 23.8 Å². The van der Waals surface area contributed by atoms with Crippen molar-refractivity contribution in [1.82, 2.24) is 0 Å². The van der Waals surface area contributed by atoms with E-state index in [0.29, 0.717) is 25.7 Å². The van der Waals surface area contributed by atoms with Crippen molar-refractivity contribution in [3.8, 4) is 0 Å². The van der Waals surface area contributed by atoms with E-state index in [1.54, 1.807) is 6.08 Å². The van der Waals surface area contributed by atoms with Crippen molar-refractivity contribution in [2.45, 2.75) is 167 Å². The van der Waals surface area contributed by atoms with Gasteiger partial charge in [0.05, 0.1) is 25.9 Å². The lowest BCUT2D eigenvalue weighted by molar-refractivity contribution is -0.161. The third-order valence-electron chi connectivity index (χ3n) is 8.87. The molecule has 352 valence electrons. The molecule has 0 aromatic rings. The number of aliphatic hydroxyl groups excluding tert-OH is 2. The summed E-state index contributed by atoms with van der Waals surface area (Å²) in [5.41, 5.74) is 0. The molecule has 0 saturated heterocycles. The van der Waals surface area contributed by atoms with Crippen LogP contribution in [0.4, 0.5) is 0 Å². The van der Waals surface area contributed by atoms with Gasteiger partial charge in [-0.05, 0) is 50.9 Å². The zero-order valence-electron chi connectivity index (χ0n) is 37.0. The van der Waals surface area contributed by atoms with Gasteiger partial charge in [0.1, 0.15) is 12.7 Å². The van der Waals surface area contributed by atoms with Crippen molar-refractivity contribution >= 4 is 27.6 Å². The van der Waals surface area contributed by atoms with Crippen LogP contribution in [0.5, 0.6) is 0 Å². The van der Waals surface area contributed by atoms with E-state index < -0.39 is 72.3 Å². The first-order valence-corrected chi connectivity index (χ1v) is 25.1. The molecule has 0 bridgehead atoms. The summed E-state index contributed by atoms with van der Waals surface area (Å²) in [5, 5.41) is 19.6. The second-order valence-corrected chi connectivity index (χ2v) is 18.0. The first kappa shape index (κ1) is 58.5. The van der Waals surface area contributed by atoms with E-state index in [1.165, 1.54) is 51.4 Å². The highest BCUT2D eigenvalue weighted by atomic mass is 31.2. The Hall–Kier alpha value is -2.48. The molecular formula is C45H78O14P2. The number of hydrogen-bond acceptors (Lipinski definition) is 11. The standard InChI is InChI=1S/C45H78O14P2/c1-4-5-26-32-41(46)33-28-23-19-15-11-7-6-8-12-17-21-25-30-35-45(49)59-43(39-58-61(53,54)57-37-42(47)36-56-60(50,51)52)38-55-44(48)34-29-24-20-16-13-9-10-14-18-22-27-31-40(2)3/h5,7-8,11-12,19,21,23,25-26,28,33,40-43,46-47H,4,6,9-10,13-18,20,22,24,27,29-32,34-39H2,1-3H3,(H,53,54)(H2,50,51,52)/b11-7-,12-8-,23-19+,25-21-,26-5-,33-28+/t41?,42-,43+/m0/s1. The van der Waals surface area contributed by atoms with Gasteiger partial charge in [0, 0.05) is 12.8 Å². The van der Waals surface area contributed by atoms with Crippen molar-refractivity contribution < 1.29 is 66.7 Å². The second kappa shape index (κ2) is 39.1. The highest BCUT2D eigenvalue weighted by Gasteiger charge is 2.28. The van der Waals surface area contributed by atoms with Crippen molar-refractivity contribution in [3.63, 3.8) is 0 Å². The summed E-state index contributed by atoms with van der Waals surface area (Å²) < 4.78 is 47.7. The Morgan fingerprint density at radius 3 is 1.72 bits per heavy atom. The van der Waals surface area contributed by atoms with E-state index in [2.05, 4.69) is 42.0 Å². The third-order valence-corrected chi connectivity index (χ3v) is 10.3. The fourth-order valence-electron chi connectivity index (χ4n) is 5.52. The summed E-state index contributed by atoms with van der Waals surface area (Å²) in [6.45, 7) is 3.75. The first-order chi connectivity index (χ1) is 29.1. The predicted molar refractivity (Wildman–Crippen MR) is 240 cm³/mol. The van der Waals surface area contributed by atoms with E-state index in [-0.39, 0.29) is 12.8 Å². The summed E-state index contributed by atoms with van der Waals surface area (Å²) >= 11 is 0. The number of hydrogen-bond donors (Lipinski definition) is 5. The van der Waals surface area contributed by atoms with Gasteiger partial charge in [-0.3, -0.25) is 23.2 Å². The molecule has 0 aromatic carbocycles. The lowest BCUT2D eigenvalue weighted by atomic mass is 10.0. The van der Waals surface area contributed by atoms with Gasteiger partial charge in [-0.15, -0.1) is 0 Å². The quantitative estimate of drug-likeness (QED) is 0.0127. The van der Waals surface area contributed by atoms with Crippen LogP contribution in [-0.2, 0) is 41.8 Å². The number of ether oxygens (including phenoxy) is 2. The van der Waals surface area contributed by atoms with Crippen molar-refractivity contribution in [2.75, 3.05) is 26.4 Å². The van der Waals surface area contributed by atoms with Crippen LogP contribution in [0.15, 0.2) is 72.9 Å².